The van der Waals surface area contributed by atoms with E-state index in [1.54, 1.807) is 12.1 Å². The fourth-order valence-electron chi connectivity index (χ4n) is 6.72. The van der Waals surface area contributed by atoms with Crippen molar-refractivity contribution in [3.8, 4) is 0 Å². The lowest BCUT2D eigenvalue weighted by Crippen LogP contribution is -2.39. The maximum Gasteiger partial charge on any atom is 0.341 e. The number of ether oxygens (including phenoxy) is 2. The number of carbonyl (C=O) groups excluding carboxylic acids is 1. The molecule has 2 heterocycles. The number of alkyl halides is 2. The molecule has 0 unspecified atom stereocenters. The number of anilines is 2. The minimum Gasteiger partial charge on any atom is -0.384 e. The van der Waals surface area contributed by atoms with E-state index in [2.05, 4.69) is 20.9 Å². The molecule has 1 atom stereocenters. The SMILES string of the molecule is O=C(NS(=O)(=O)c1ccc(N[C@H](CCN2CCOCC2)CSc2ccccc2)c(S(=O)(=O)C(F)F)c1)c1ccc(NCCNCC2=C(c3ccc(Cl)cc3)CCOC2)cc1. The molecule has 1 saturated heterocycles. The second-order valence-electron chi connectivity index (χ2n) is 14.2. The van der Waals surface area contributed by atoms with E-state index in [0.717, 1.165) is 42.1 Å². The summed E-state index contributed by atoms with van der Waals surface area (Å²) in [5, 5.41) is 10.5. The van der Waals surface area contributed by atoms with Gasteiger partial charge >= 0.3 is 5.76 Å². The van der Waals surface area contributed by atoms with Crippen LogP contribution < -0.4 is 20.7 Å². The Morgan fingerprint density at radius 2 is 1.60 bits per heavy atom. The number of carbonyl (C=O) groups is 1. The van der Waals surface area contributed by atoms with Crippen LogP contribution in [0.2, 0.25) is 5.02 Å². The summed E-state index contributed by atoms with van der Waals surface area (Å²) in [6.45, 7) is 6.30. The zero-order valence-corrected chi connectivity index (χ0v) is 36.0. The summed E-state index contributed by atoms with van der Waals surface area (Å²) >= 11 is 7.58. The molecule has 0 spiro atoms. The third-order valence-corrected chi connectivity index (χ3v) is 14.2. The van der Waals surface area contributed by atoms with Crippen LogP contribution in [-0.2, 0) is 29.3 Å². The van der Waals surface area contributed by atoms with E-state index >= 15 is 0 Å². The Labute approximate surface area is 359 Å². The maximum absolute atomic E-state index is 14.1. The zero-order chi connectivity index (χ0) is 42.5. The van der Waals surface area contributed by atoms with E-state index in [1.165, 1.54) is 35.0 Å². The van der Waals surface area contributed by atoms with E-state index < -0.39 is 41.3 Å². The van der Waals surface area contributed by atoms with Crippen LogP contribution in [0.25, 0.3) is 5.57 Å². The van der Waals surface area contributed by atoms with Crippen molar-refractivity contribution < 1.29 is 39.9 Å². The van der Waals surface area contributed by atoms with Gasteiger partial charge in [-0.25, -0.2) is 21.6 Å². The van der Waals surface area contributed by atoms with Crippen molar-refractivity contribution in [1.82, 2.24) is 14.9 Å². The first kappa shape index (κ1) is 45.5. The monoisotopic (exact) mass is 903 g/mol. The first-order valence-corrected chi connectivity index (χ1v) is 23.9. The van der Waals surface area contributed by atoms with Gasteiger partial charge in [-0.1, -0.05) is 41.9 Å². The molecule has 12 nitrogen and oxygen atoms in total. The zero-order valence-electron chi connectivity index (χ0n) is 32.7. The molecule has 0 aromatic heterocycles. The lowest BCUT2D eigenvalue weighted by Gasteiger charge is -2.29. The Hall–Kier alpha value is -4.07. The van der Waals surface area contributed by atoms with Crippen LogP contribution >= 0.6 is 23.4 Å². The van der Waals surface area contributed by atoms with Gasteiger partial charge in [0.1, 0.15) is 0 Å². The molecule has 0 bridgehead atoms. The highest BCUT2D eigenvalue weighted by atomic mass is 35.5. The summed E-state index contributed by atoms with van der Waals surface area (Å²) < 4.78 is 94.1. The molecule has 6 rings (SSSR count). The van der Waals surface area contributed by atoms with Crippen molar-refractivity contribution in [2.75, 3.05) is 82.1 Å². The Kier molecular flexibility index (Phi) is 16.4. The summed E-state index contributed by atoms with van der Waals surface area (Å²) in [7, 11) is -9.98. The van der Waals surface area contributed by atoms with Crippen LogP contribution in [0.15, 0.2) is 117 Å². The normalized spacial score (nSPS) is 15.8. The Bertz CT molecular complexity index is 2300. The molecule has 0 radical (unpaired) electrons. The van der Waals surface area contributed by atoms with Crippen molar-refractivity contribution in [2.45, 2.75) is 39.3 Å². The van der Waals surface area contributed by atoms with Crippen LogP contribution in [0.4, 0.5) is 20.2 Å². The fraction of sp³-hybridized carbons (Fsp3) is 0.357. The van der Waals surface area contributed by atoms with Crippen LogP contribution in [0, 0.1) is 0 Å². The average molecular weight is 905 g/mol. The summed E-state index contributed by atoms with van der Waals surface area (Å²) in [5.74, 6) is -4.34. The minimum absolute atomic E-state index is 0.0129. The van der Waals surface area contributed by atoms with Crippen LogP contribution in [0.5, 0.6) is 0 Å². The molecule has 4 aromatic rings. The smallest absolute Gasteiger partial charge is 0.341 e. The molecule has 4 N–H and O–H groups in total. The lowest BCUT2D eigenvalue weighted by molar-refractivity contribution is 0.0370. The Balaban J connectivity index is 1.08. The number of sulfonamides is 1. The molecule has 2 aliphatic heterocycles. The van der Waals surface area contributed by atoms with E-state index in [1.807, 2.05) is 59.3 Å². The van der Waals surface area contributed by atoms with Gasteiger partial charge < -0.3 is 25.4 Å². The fourth-order valence-corrected chi connectivity index (χ4v) is 9.83. The molecule has 60 heavy (non-hydrogen) atoms. The van der Waals surface area contributed by atoms with Crippen molar-refractivity contribution in [2.24, 2.45) is 0 Å². The summed E-state index contributed by atoms with van der Waals surface area (Å²) in [6, 6.07) is 25.9. The van der Waals surface area contributed by atoms with Crippen LogP contribution in [0.1, 0.15) is 28.8 Å². The molecular formula is C42H48ClF2N5O7S3. The van der Waals surface area contributed by atoms with E-state index in [9.17, 15) is 30.4 Å². The van der Waals surface area contributed by atoms with E-state index in [4.69, 9.17) is 21.1 Å². The molecule has 2 aliphatic rings. The highest BCUT2D eigenvalue weighted by molar-refractivity contribution is 7.99. The van der Waals surface area contributed by atoms with Gasteiger partial charge in [0.15, 0.2) is 0 Å². The molecule has 0 aliphatic carbocycles. The number of nitrogens with zero attached hydrogens (tertiary/aromatic N) is 1. The van der Waals surface area contributed by atoms with Gasteiger partial charge in [-0.05, 0) is 96.3 Å². The summed E-state index contributed by atoms with van der Waals surface area (Å²) in [6.07, 6.45) is 1.35. The number of morpholine rings is 1. The number of rotatable bonds is 20. The third-order valence-electron chi connectivity index (χ3n) is 9.99. The van der Waals surface area contributed by atoms with Crippen molar-refractivity contribution in [3.63, 3.8) is 0 Å². The second-order valence-corrected chi connectivity index (χ2v) is 19.3. The highest BCUT2D eigenvalue weighted by Crippen LogP contribution is 2.32. The number of nitrogens with one attached hydrogen (secondary N) is 4. The number of hydrogen-bond acceptors (Lipinski definition) is 12. The standard InChI is InChI=1S/C42H48ClF2N5O7S3/c43-33-10-6-30(7-11-33)38-17-23-57-28-32(38)27-46-18-19-47-34-12-8-31(9-13-34)41(51)49-60(54,55)37-14-15-39(40(26-37)59(52,53)42(44)45)48-35(16-20-50-21-24-56-25-22-50)29-58-36-4-2-1-3-5-36/h1-15,26,35,42,46-48H,16-25,27-29H2,(H,49,51)/t35-/m1/s1. The molecule has 0 saturated carbocycles. The van der Waals surface area contributed by atoms with Crippen molar-refractivity contribution in [3.05, 3.63) is 119 Å². The molecule has 18 heteroatoms. The summed E-state index contributed by atoms with van der Waals surface area (Å²) in [5.41, 5.74) is 4.08. The number of thioether (sulfide) groups is 1. The quantitative estimate of drug-likeness (QED) is 0.0557. The van der Waals surface area contributed by atoms with Crippen molar-refractivity contribution in [1.29, 1.82) is 0 Å². The largest absolute Gasteiger partial charge is 0.384 e. The molecule has 4 aromatic carbocycles. The van der Waals surface area contributed by atoms with Crippen LogP contribution in [-0.4, -0.2) is 111 Å². The Morgan fingerprint density at radius 1 is 0.867 bits per heavy atom. The summed E-state index contributed by atoms with van der Waals surface area (Å²) in [4.78, 5) is 14.8. The first-order chi connectivity index (χ1) is 28.9. The molecule has 1 amide bonds. The number of halogens is 3. The van der Waals surface area contributed by atoms with Gasteiger partial charge in [0, 0.05) is 72.2 Å². The average Bonchev–Trinajstić information content (AvgIpc) is 3.25. The molecule has 322 valence electrons. The van der Waals surface area contributed by atoms with Gasteiger partial charge in [0.05, 0.1) is 41.9 Å². The van der Waals surface area contributed by atoms with Gasteiger partial charge in [-0.2, -0.15) is 8.78 Å². The van der Waals surface area contributed by atoms with Crippen molar-refractivity contribution >= 4 is 66.1 Å². The first-order valence-electron chi connectivity index (χ1n) is 19.5. The maximum atomic E-state index is 14.1. The van der Waals surface area contributed by atoms with Gasteiger partial charge in [-0.3, -0.25) is 9.69 Å². The van der Waals surface area contributed by atoms with E-state index in [-0.39, 0.29) is 17.3 Å². The van der Waals surface area contributed by atoms with Gasteiger partial charge in [-0.15, -0.1) is 11.8 Å². The Morgan fingerprint density at radius 3 is 2.32 bits per heavy atom. The number of benzene rings is 4. The van der Waals surface area contributed by atoms with Gasteiger partial charge in [0.2, 0.25) is 9.84 Å². The third kappa shape index (κ3) is 12.7. The molecule has 1 fully saturated rings. The van der Waals surface area contributed by atoms with Crippen LogP contribution in [0.3, 0.4) is 0 Å². The number of amides is 1. The number of sulfone groups is 1. The second kappa shape index (κ2) is 21.6. The minimum atomic E-state index is -5.29. The van der Waals surface area contributed by atoms with Gasteiger partial charge in [0.25, 0.3) is 15.9 Å². The topological polar surface area (TPSA) is 155 Å². The lowest BCUT2D eigenvalue weighted by atomic mass is 9.96. The van der Waals surface area contributed by atoms with E-state index in [0.29, 0.717) is 81.6 Å². The molecular weight excluding hydrogens is 856 g/mol. The predicted molar refractivity (Wildman–Crippen MR) is 232 cm³/mol. The predicted octanol–water partition coefficient (Wildman–Crippen LogP) is 6.63. The number of hydrogen-bond donors (Lipinski definition) is 4. The highest BCUT2D eigenvalue weighted by Gasteiger charge is 2.32.